The highest BCUT2D eigenvalue weighted by atomic mass is 16.5. The number of benzene rings is 1. The Balaban J connectivity index is 1.38. The lowest BCUT2D eigenvalue weighted by atomic mass is 9.89. The van der Waals surface area contributed by atoms with Gasteiger partial charge in [-0.05, 0) is 50.8 Å². The highest BCUT2D eigenvalue weighted by Crippen LogP contribution is 2.33. The fourth-order valence-corrected chi connectivity index (χ4v) is 4.19. The molecule has 1 aliphatic rings. The van der Waals surface area contributed by atoms with Gasteiger partial charge in [0, 0.05) is 44.2 Å². The normalized spacial score (nSPS) is 18.8. The van der Waals surface area contributed by atoms with Crippen molar-refractivity contribution in [2.75, 3.05) is 19.7 Å². The van der Waals surface area contributed by atoms with Crippen LogP contribution in [0.4, 0.5) is 0 Å². The van der Waals surface area contributed by atoms with Gasteiger partial charge in [-0.3, -0.25) is 4.57 Å². The molecule has 0 amide bonds. The van der Waals surface area contributed by atoms with Crippen molar-refractivity contribution in [3.63, 3.8) is 0 Å². The zero-order chi connectivity index (χ0) is 23.0. The molecule has 1 saturated heterocycles. The first-order chi connectivity index (χ1) is 16.1. The smallest absolute Gasteiger partial charge is 0.191 e. The first kappa shape index (κ1) is 23.0. The molecule has 1 aliphatic heterocycles. The molecular formula is C26H34N6O. The van der Waals surface area contributed by atoms with E-state index in [1.165, 1.54) is 11.1 Å². The quantitative estimate of drug-likeness (QED) is 0.422. The fraction of sp³-hybridized carbons (Fsp3) is 0.423. The second-order valence-electron chi connectivity index (χ2n) is 8.55. The summed E-state index contributed by atoms with van der Waals surface area (Å²) in [6.07, 6.45) is 7.94. The third-order valence-corrected chi connectivity index (χ3v) is 6.03. The zero-order valence-corrected chi connectivity index (χ0v) is 19.8. The summed E-state index contributed by atoms with van der Waals surface area (Å²) in [6, 6.07) is 12.8. The minimum absolute atomic E-state index is 0.123. The summed E-state index contributed by atoms with van der Waals surface area (Å²) < 4.78 is 8.14. The summed E-state index contributed by atoms with van der Waals surface area (Å²) in [4.78, 5) is 13.6. The summed E-state index contributed by atoms with van der Waals surface area (Å²) >= 11 is 0. The number of hydrogen-bond acceptors (Lipinski definition) is 4. The molecule has 33 heavy (non-hydrogen) atoms. The standard InChI is InChI=1S/C26H34N6O/c1-4-27-26(30-17-21-9-12-24(29-16-21)32-14-13-28-20(32)3)31-18-23-6-5-15-33-25(23)22-10-7-19(2)8-11-22/h7-14,16,23,25H,4-6,15,17-18H2,1-3H3,(H2,27,30,31). The van der Waals surface area contributed by atoms with Crippen LogP contribution in [-0.4, -0.2) is 40.2 Å². The molecule has 3 aromatic rings. The number of pyridine rings is 1. The van der Waals surface area contributed by atoms with Crippen LogP contribution in [0.1, 0.15) is 48.4 Å². The average molecular weight is 447 g/mol. The van der Waals surface area contributed by atoms with Gasteiger partial charge in [0.25, 0.3) is 0 Å². The van der Waals surface area contributed by atoms with Crippen molar-refractivity contribution in [2.45, 2.75) is 46.3 Å². The number of aromatic nitrogens is 3. The molecule has 3 heterocycles. The van der Waals surface area contributed by atoms with Gasteiger partial charge in [-0.25, -0.2) is 15.0 Å². The molecule has 2 unspecified atom stereocenters. The van der Waals surface area contributed by atoms with E-state index >= 15 is 0 Å². The van der Waals surface area contributed by atoms with Gasteiger partial charge < -0.3 is 15.4 Å². The number of imidazole rings is 1. The average Bonchev–Trinajstić information content (AvgIpc) is 3.28. The largest absolute Gasteiger partial charge is 0.373 e. The van der Waals surface area contributed by atoms with Crippen LogP contribution >= 0.6 is 0 Å². The number of guanidine groups is 1. The summed E-state index contributed by atoms with van der Waals surface area (Å²) in [5.74, 6) is 3.01. The lowest BCUT2D eigenvalue weighted by molar-refractivity contribution is -0.0265. The number of aryl methyl sites for hydroxylation is 2. The van der Waals surface area contributed by atoms with E-state index in [2.05, 4.69) is 64.8 Å². The van der Waals surface area contributed by atoms with Crippen LogP contribution in [0.3, 0.4) is 0 Å². The van der Waals surface area contributed by atoms with Gasteiger partial charge in [0.2, 0.25) is 0 Å². The van der Waals surface area contributed by atoms with Crippen molar-refractivity contribution < 1.29 is 4.74 Å². The minimum Gasteiger partial charge on any atom is -0.373 e. The van der Waals surface area contributed by atoms with E-state index in [0.717, 1.165) is 55.7 Å². The molecule has 2 N–H and O–H groups in total. The molecular weight excluding hydrogens is 412 g/mol. The Morgan fingerprint density at radius 3 is 2.67 bits per heavy atom. The maximum absolute atomic E-state index is 6.17. The number of nitrogens with one attached hydrogen (secondary N) is 2. The highest BCUT2D eigenvalue weighted by molar-refractivity contribution is 5.79. The van der Waals surface area contributed by atoms with Crippen LogP contribution in [0.2, 0.25) is 0 Å². The summed E-state index contributed by atoms with van der Waals surface area (Å²) in [5.41, 5.74) is 3.59. The van der Waals surface area contributed by atoms with Gasteiger partial charge in [0.1, 0.15) is 11.6 Å². The van der Waals surface area contributed by atoms with Gasteiger partial charge in [-0.1, -0.05) is 35.9 Å². The van der Waals surface area contributed by atoms with E-state index in [0.29, 0.717) is 12.5 Å². The lowest BCUT2D eigenvalue weighted by Crippen LogP contribution is -2.42. The van der Waals surface area contributed by atoms with Crippen LogP contribution in [0, 0.1) is 19.8 Å². The van der Waals surface area contributed by atoms with Crippen molar-refractivity contribution in [3.8, 4) is 5.82 Å². The lowest BCUT2D eigenvalue weighted by Gasteiger charge is -2.32. The van der Waals surface area contributed by atoms with E-state index in [-0.39, 0.29) is 6.10 Å². The van der Waals surface area contributed by atoms with E-state index in [1.807, 2.05) is 30.0 Å². The molecule has 174 valence electrons. The molecule has 7 nitrogen and oxygen atoms in total. The number of rotatable bonds is 7. The van der Waals surface area contributed by atoms with Crippen LogP contribution in [-0.2, 0) is 11.3 Å². The molecule has 7 heteroatoms. The van der Waals surface area contributed by atoms with Crippen LogP contribution < -0.4 is 10.6 Å². The zero-order valence-electron chi connectivity index (χ0n) is 19.8. The Kier molecular flexibility index (Phi) is 7.73. The topological polar surface area (TPSA) is 76.4 Å². The molecule has 2 aromatic heterocycles. The molecule has 2 atom stereocenters. The second-order valence-corrected chi connectivity index (χ2v) is 8.55. The number of aliphatic imine (C=N–C) groups is 1. The van der Waals surface area contributed by atoms with Crippen molar-refractivity contribution in [1.29, 1.82) is 0 Å². The van der Waals surface area contributed by atoms with E-state index in [1.54, 1.807) is 6.20 Å². The van der Waals surface area contributed by atoms with Crippen LogP contribution in [0.25, 0.3) is 5.82 Å². The molecule has 1 fully saturated rings. The Bertz CT molecular complexity index is 1040. The van der Waals surface area contributed by atoms with E-state index in [9.17, 15) is 0 Å². The van der Waals surface area contributed by atoms with Gasteiger partial charge in [-0.15, -0.1) is 0 Å². The molecule has 0 bridgehead atoms. The van der Waals surface area contributed by atoms with Gasteiger partial charge >= 0.3 is 0 Å². The van der Waals surface area contributed by atoms with Crippen molar-refractivity contribution in [2.24, 2.45) is 10.9 Å². The minimum atomic E-state index is 0.123. The predicted octanol–water partition coefficient (Wildman–Crippen LogP) is 4.11. The number of nitrogens with zero attached hydrogens (tertiary/aromatic N) is 4. The van der Waals surface area contributed by atoms with Crippen LogP contribution in [0.15, 0.2) is 60.0 Å². The SMILES string of the molecule is CCNC(=NCc1ccc(-n2ccnc2C)nc1)NCC1CCCOC1c1ccc(C)cc1. The van der Waals surface area contributed by atoms with Crippen molar-refractivity contribution in [3.05, 3.63) is 77.5 Å². The molecule has 1 aromatic carbocycles. The highest BCUT2D eigenvalue weighted by Gasteiger charge is 2.27. The molecule has 0 spiro atoms. The third-order valence-electron chi connectivity index (χ3n) is 6.03. The number of ether oxygens (including phenoxy) is 1. The fourth-order valence-electron chi connectivity index (χ4n) is 4.19. The maximum Gasteiger partial charge on any atom is 0.191 e. The monoisotopic (exact) mass is 446 g/mol. The molecule has 0 saturated carbocycles. The Morgan fingerprint density at radius 1 is 1.12 bits per heavy atom. The summed E-state index contributed by atoms with van der Waals surface area (Å²) in [5, 5.41) is 6.90. The Labute approximate surface area is 196 Å². The second kappa shape index (κ2) is 11.1. The molecule has 0 aliphatic carbocycles. The number of hydrogen-bond donors (Lipinski definition) is 2. The third kappa shape index (κ3) is 5.99. The van der Waals surface area contributed by atoms with E-state index < -0.39 is 0 Å². The van der Waals surface area contributed by atoms with Crippen molar-refractivity contribution in [1.82, 2.24) is 25.2 Å². The Morgan fingerprint density at radius 2 is 1.97 bits per heavy atom. The molecule has 4 rings (SSSR count). The van der Waals surface area contributed by atoms with E-state index in [4.69, 9.17) is 9.73 Å². The summed E-state index contributed by atoms with van der Waals surface area (Å²) in [7, 11) is 0. The Hall–Kier alpha value is -3.19. The van der Waals surface area contributed by atoms with Crippen LogP contribution in [0.5, 0.6) is 0 Å². The maximum atomic E-state index is 6.17. The first-order valence-electron chi connectivity index (χ1n) is 11.8. The predicted molar refractivity (Wildman–Crippen MR) is 132 cm³/mol. The first-order valence-corrected chi connectivity index (χ1v) is 11.8. The van der Waals surface area contributed by atoms with Gasteiger partial charge in [0.05, 0.1) is 12.6 Å². The summed E-state index contributed by atoms with van der Waals surface area (Å²) in [6.45, 7) is 9.19. The van der Waals surface area contributed by atoms with Crippen molar-refractivity contribution >= 4 is 5.96 Å². The van der Waals surface area contributed by atoms with Gasteiger partial charge in [-0.2, -0.15) is 0 Å². The van der Waals surface area contributed by atoms with Gasteiger partial charge in [0.15, 0.2) is 5.96 Å². The molecule has 0 radical (unpaired) electrons.